The number of ketones is 1. The van der Waals surface area contributed by atoms with Crippen molar-refractivity contribution in [1.29, 1.82) is 0 Å². The van der Waals surface area contributed by atoms with E-state index in [2.05, 4.69) is 4.72 Å². The minimum Gasteiger partial charge on any atom is -0.495 e. The largest absolute Gasteiger partial charge is 0.495 e. The molecule has 0 saturated heterocycles. The summed E-state index contributed by atoms with van der Waals surface area (Å²) in [5.41, 5.74) is 2.94. The molecule has 0 spiro atoms. The lowest BCUT2D eigenvalue weighted by molar-refractivity contribution is 0.104. The summed E-state index contributed by atoms with van der Waals surface area (Å²) in [6.45, 7) is 0. The summed E-state index contributed by atoms with van der Waals surface area (Å²) in [6.07, 6.45) is 2.58. The number of halogens is 1. The molecule has 0 saturated carbocycles. The van der Waals surface area contributed by atoms with Crippen LogP contribution in [-0.2, 0) is 10.0 Å². The van der Waals surface area contributed by atoms with E-state index in [0.29, 0.717) is 27.5 Å². The Kier molecular flexibility index (Phi) is 4.11. The predicted octanol–water partition coefficient (Wildman–Crippen LogP) is 3.35. The second-order valence-corrected chi connectivity index (χ2v) is 7.59. The first kappa shape index (κ1) is 16.5. The molecule has 1 N–H and O–H groups in total. The number of hydrogen-bond acceptors (Lipinski definition) is 4. The number of fused-ring (bicyclic) bond motifs is 1. The van der Waals surface area contributed by atoms with Gasteiger partial charge < -0.3 is 4.74 Å². The van der Waals surface area contributed by atoms with E-state index in [1.165, 1.54) is 13.2 Å². The van der Waals surface area contributed by atoms with Gasteiger partial charge in [-0.2, -0.15) is 0 Å². The lowest BCUT2D eigenvalue weighted by Crippen LogP contribution is -2.11. The molecule has 1 aliphatic carbocycles. The first-order valence-electron chi connectivity index (χ1n) is 7.00. The minimum atomic E-state index is -3.48. The van der Waals surface area contributed by atoms with Crippen molar-refractivity contribution in [2.75, 3.05) is 18.1 Å². The molecule has 3 rings (SSSR count). The van der Waals surface area contributed by atoms with Gasteiger partial charge in [0.15, 0.2) is 5.78 Å². The zero-order valence-electron chi connectivity index (χ0n) is 13.0. The van der Waals surface area contributed by atoms with Crippen LogP contribution in [0.1, 0.15) is 21.5 Å². The molecule has 0 bridgehead atoms. The maximum absolute atomic E-state index is 12.3. The van der Waals surface area contributed by atoms with Gasteiger partial charge in [-0.25, -0.2) is 8.42 Å². The third kappa shape index (κ3) is 3.16. The highest BCUT2D eigenvalue weighted by atomic mass is 35.5. The van der Waals surface area contributed by atoms with Gasteiger partial charge in [0.1, 0.15) is 5.75 Å². The molecule has 24 heavy (non-hydrogen) atoms. The van der Waals surface area contributed by atoms with Crippen LogP contribution < -0.4 is 9.46 Å². The summed E-state index contributed by atoms with van der Waals surface area (Å²) in [5, 5.41) is 0.595. The van der Waals surface area contributed by atoms with Crippen LogP contribution in [0.25, 0.3) is 5.57 Å². The van der Waals surface area contributed by atoms with Gasteiger partial charge >= 0.3 is 0 Å². The van der Waals surface area contributed by atoms with Gasteiger partial charge in [-0.15, -0.1) is 0 Å². The number of hydrogen-bond donors (Lipinski definition) is 1. The molecular weight excluding hydrogens is 350 g/mol. The molecule has 0 aliphatic heterocycles. The maximum atomic E-state index is 12.3. The number of sulfonamides is 1. The van der Waals surface area contributed by atoms with Crippen molar-refractivity contribution in [1.82, 2.24) is 0 Å². The van der Waals surface area contributed by atoms with Crippen molar-refractivity contribution >= 4 is 38.7 Å². The quantitative estimate of drug-likeness (QED) is 0.904. The van der Waals surface area contributed by atoms with Crippen LogP contribution in [0.3, 0.4) is 0 Å². The molecule has 0 fully saturated rings. The van der Waals surface area contributed by atoms with Crippen molar-refractivity contribution in [2.24, 2.45) is 0 Å². The fourth-order valence-electron chi connectivity index (χ4n) is 2.61. The number of carbonyl (C=O) groups excluding carboxylic acids is 1. The van der Waals surface area contributed by atoms with E-state index >= 15 is 0 Å². The summed E-state index contributed by atoms with van der Waals surface area (Å²) in [4.78, 5) is 12.3. The van der Waals surface area contributed by atoms with Crippen LogP contribution >= 0.6 is 11.6 Å². The maximum Gasteiger partial charge on any atom is 0.229 e. The topological polar surface area (TPSA) is 72.5 Å². The van der Waals surface area contributed by atoms with Gasteiger partial charge in [-0.05, 0) is 47.0 Å². The summed E-state index contributed by atoms with van der Waals surface area (Å²) >= 11 is 5.91. The van der Waals surface area contributed by atoms with Crippen molar-refractivity contribution < 1.29 is 17.9 Å². The molecule has 0 amide bonds. The second kappa shape index (κ2) is 5.96. The third-order valence-electron chi connectivity index (χ3n) is 3.62. The molecule has 1 aliphatic rings. The monoisotopic (exact) mass is 363 g/mol. The van der Waals surface area contributed by atoms with Crippen LogP contribution in [0, 0.1) is 0 Å². The highest BCUT2D eigenvalue weighted by Gasteiger charge is 2.25. The molecule has 0 aromatic heterocycles. The van der Waals surface area contributed by atoms with E-state index in [0.717, 1.165) is 11.8 Å². The van der Waals surface area contributed by atoms with Crippen LogP contribution in [0.2, 0.25) is 5.02 Å². The molecule has 0 unspecified atom stereocenters. The first-order valence-corrected chi connectivity index (χ1v) is 9.27. The number of allylic oxidation sites excluding steroid dienone is 1. The smallest absolute Gasteiger partial charge is 0.229 e. The minimum absolute atomic E-state index is 0.154. The third-order valence-corrected chi connectivity index (χ3v) is 4.46. The van der Waals surface area contributed by atoms with Gasteiger partial charge in [-0.3, -0.25) is 9.52 Å². The number of carbonyl (C=O) groups is 1. The molecule has 2 aromatic rings. The summed E-state index contributed by atoms with van der Waals surface area (Å²) in [7, 11) is -2.06. The van der Waals surface area contributed by atoms with Gasteiger partial charge in [0.25, 0.3) is 0 Å². The molecule has 7 heteroatoms. The Balaban J connectivity index is 2.15. The van der Waals surface area contributed by atoms with E-state index in [9.17, 15) is 13.2 Å². The average Bonchev–Trinajstić information content (AvgIpc) is 2.82. The van der Waals surface area contributed by atoms with E-state index in [1.807, 2.05) is 12.1 Å². The normalized spacial score (nSPS) is 13.5. The van der Waals surface area contributed by atoms with Gasteiger partial charge in [0, 0.05) is 10.6 Å². The van der Waals surface area contributed by atoms with Crippen molar-refractivity contribution in [3.05, 3.63) is 64.2 Å². The van der Waals surface area contributed by atoms with E-state index in [4.69, 9.17) is 16.3 Å². The van der Waals surface area contributed by atoms with Crippen molar-refractivity contribution in [3.8, 4) is 5.75 Å². The zero-order chi connectivity index (χ0) is 17.5. The summed E-state index contributed by atoms with van der Waals surface area (Å²) in [5.74, 6) is 0.137. The average molecular weight is 364 g/mol. The Morgan fingerprint density at radius 3 is 2.33 bits per heavy atom. The van der Waals surface area contributed by atoms with Gasteiger partial charge in [0.2, 0.25) is 10.0 Å². The van der Waals surface area contributed by atoms with Gasteiger partial charge in [-0.1, -0.05) is 23.7 Å². The zero-order valence-corrected chi connectivity index (χ0v) is 14.5. The summed E-state index contributed by atoms with van der Waals surface area (Å²) < 4.78 is 30.7. The number of methoxy groups -OCH3 is 1. The number of benzene rings is 2. The molecule has 0 atom stereocenters. The molecular formula is C17H14ClNO4S. The standard InChI is InChI=1S/C17H14ClNO4S/c1-23-17-9-14-13(7-15(17)19-24(2,21)22)12(8-16(14)20)10-3-5-11(18)6-4-10/h3-9,19H,1-2H3. The van der Waals surface area contributed by atoms with E-state index < -0.39 is 10.0 Å². The Morgan fingerprint density at radius 1 is 1.08 bits per heavy atom. The highest BCUT2D eigenvalue weighted by Crippen LogP contribution is 2.39. The first-order chi connectivity index (χ1) is 11.3. The fraction of sp³-hybridized carbons (Fsp3) is 0.118. The molecule has 124 valence electrons. The Labute approximate surface area is 145 Å². The number of anilines is 1. The van der Waals surface area contributed by atoms with Crippen LogP contribution in [0.4, 0.5) is 5.69 Å². The molecule has 2 aromatic carbocycles. The number of ether oxygens (including phenoxy) is 1. The predicted molar refractivity (Wildman–Crippen MR) is 94.3 cm³/mol. The van der Waals surface area contributed by atoms with Crippen LogP contribution in [-0.4, -0.2) is 27.6 Å². The van der Waals surface area contributed by atoms with Crippen molar-refractivity contribution in [2.45, 2.75) is 0 Å². The van der Waals surface area contributed by atoms with E-state index in [-0.39, 0.29) is 11.5 Å². The Hall–Kier alpha value is -2.31. The number of nitrogens with one attached hydrogen (secondary N) is 1. The fourth-order valence-corrected chi connectivity index (χ4v) is 3.29. The van der Waals surface area contributed by atoms with Crippen LogP contribution in [0.15, 0.2) is 42.5 Å². The Morgan fingerprint density at radius 2 is 1.75 bits per heavy atom. The van der Waals surface area contributed by atoms with E-state index in [1.54, 1.807) is 24.3 Å². The highest BCUT2D eigenvalue weighted by molar-refractivity contribution is 7.92. The SMILES string of the molecule is COc1cc2c(cc1NS(C)(=O)=O)C(c1ccc(Cl)cc1)=CC2=O. The molecule has 5 nitrogen and oxygen atoms in total. The van der Waals surface area contributed by atoms with Gasteiger partial charge in [0.05, 0.1) is 19.1 Å². The van der Waals surface area contributed by atoms with Crippen LogP contribution in [0.5, 0.6) is 5.75 Å². The molecule has 0 heterocycles. The molecule has 0 radical (unpaired) electrons. The Bertz CT molecular complexity index is 963. The lowest BCUT2D eigenvalue weighted by Gasteiger charge is -2.13. The lowest BCUT2D eigenvalue weighted by atomic mass is 9.98. The van der Waals surface area contributed by atoms with Crippen molar-refractivity contribution in [3.63, 3.8) is 0 Å². The summed E-state index contributed by atoms with van der Waals surface area (Å²) in [6, 6.07) is 10.2. The second-order valence-electron chi connectivity index (χ2n) is 5.40. The number of rotatable bonds is 4.